The molecule has 23 heavy (non-hydrogen) atoms. The average molecular weight is 383 g/mol. The predicted octanol–water partition coefficient (Wildman–Crippen LogP) is 3.68. The average Bonchev–Trinajstić information content (AvgIpc) is 2.99. The fourth-order valence-electron chi connectivity index (χ4n) is 2.09. The Bertz CT molecular complexity index is 762. The molecule has 0 unspecified atom stereocenters. The molecule has 0 amide bonds. The van der Waals surface area contributed by atoms with Crippen LogP contribution in [0.15, 0.2) is 34.8 Å². The van der Waals surface area contributed by atoms with Gasteiger partial charge in [-0.1, -0.05) is 15.9 Å². The van der Waals surface area contributed by atoms with Gasteiger partial charge >= 0.3 is 5.97 Å². The van der Waals surface area contributed by atoms with Crippen molar-refractivity contribution < 1.29 is 28.1 Å². The monoisotopic (exact) mass is 382 g/mol. The van der Waals surface area contributed by atoms with Gasteiger partial charge in [0.05, 0.1) is 12.7 Å². The highest BCUT2D eigenvalue weighted by molar-refractivity contribution is 9.10. The molecule has 1 aliphatic heterocycles. The Labute approximate surface area is 140 Å². The number of fused-ring (bicyclic) bond motifs is 1. The van der Waals surface area contributed by atoms with Crippen molar-refractivity contribution in [3.05, 3.63) is 51.7 Å². The van der Waals surface area contributed by atoms with Crippen LogP contribution in [0.25, 0.3) is 0 Å². The van der Waals surface area contributed by atoms with Crippen molar-refractivity contribution in [2.75, 3.05) is 13.9 Å². The van der Waals surface area contributed by atoms with Crippen LogP contribution >= 0.6 is 15.9 Å². The minimum atomic E-state index is -0.629. The summed E-state index contributed by atoms with van der Waals surface area (Å²) >= 11 is 3.38. The van der Waals surface area contributed by atoms with E-state index in [0.29, 0.717) is 11.5 Å². The number of carbonyl (C=O) groups is 1. The minimum Gasteiger partial charge on any atom is -0.494 e. The first-order valence-electron chi connectivity index (χ1n) is 6.67. The molecule has 0 aliphatic carbocycles. The van der Waals surface area contributed by atoms with Crippen molar-refractivity contribution in [3.63, 3.8) is 0 Å². The van der Waals surface area contributed by atoms with Crippen LogP contribution in [0.4, 0.5) is 4.39 Å². The van der Waals surface area contributed by atoms with Crippen molar-refractivity contribution in [2.24, 2.45) is 0 Å². The summed E-state index contributed by atoms with van der Waals surface area (Å²) < 4.78 is 34.9. The number of hydrogen-bond donors (Lipinski definition) is 0. The van der Waals surface area contributed by atoms with E-state index in [9.17, 15) is 9.18 Å². The van der Waals surface area contributed by atoms with E-state index in [1.54, 1.807) is 12.1 Å². The Balaban J connectivity index is 1.71. The summed E-state index contributed by atoms with van der Waals surface area (Å²) in [7, 11) is 1.35. The van der Waals surface area contributed by atoms with Gasteiger partial charge in [0.25, 0.3) is 0 Å². The van der Waals surface area contributed by atoms with Gasteiger partial charge in [-0.3, -0.25) is 0 Å². The predicted molar refractivity (Wildman–Crippen MR) is 82.3 cm³/mol. The summed E-state index contributed by atoms with van der Waals surface area (Å²) in [5.41, 5.74) is 0.830. The summed E-state index contributed by atoms with van der Waals surface area (Å²) in [6.45, 7) is 0.180. The van der Waals surface area contributed by atoms with Crippen LogP contribution in [0.2, 0.25) is 0 Å². The summed E-state index contributed by atoms with van der Waals surface area (Å²) in [5, 5.41) is 0. The smallest absolute Gasteiger partial charge is 0.338 e. The maximum absolute atomic E-state index is 13.6. The molecular formula is C16H12BrFO5. The normalized spacial score (nSPS) is 12.1. The second-order valence-corrected chi connectivity index (χ2v) is 5.58. The molecule has 0 radical (unpaired) electrons. The van der Waals surface area contributed by atoms with E-state index in [-0.39, 0.29) is 24.7 Å². The Kier molecular flexibility index (Phi) is 4.38. The van der Waals surface area contributed by atoms with Gasteiger partial charge in [-0.2, -0.15) is 0 Å². The number of methoxy groups -OCH3 is 1. The van der Waals surface area contributed by atoms with Gasteiger partial charge in [-0.15, -0.1) is 0 Å². The van der Waals surface area contributed by atoms with Crippen LogP contribution in [0, 0.1) is 5.82 Å². The lowest BCUT2D eigenvalue weighted by Gasteiger charge is -2.09. The minimum absolute atomic E-state index is 0.0176. The third kappa shape index (κ3) is 3.24. The Morgan fingerprint density at radius 2 is 2.00 bits per heavy atom. The molecule has 0 fully saturated rings. The number of halogens is 2. The SMILES string of the molecule is COc1ccc(C(=O)OCc2cc3c(cc2Br)OCO3)cc1F. The van der Waals surface area contributed by atoms with E-state index in [1.807, 2.05) is 0 Å². The van der Waals surface area contributed by atoms with Crippen LogP contribution < -0.4 is 14.2 Å². The third-order valence-corrected chi connectivity index (χ3v) is 4.03. The van der Waals surface area contributed by atoms with E-state index in [1.165, 1.54) is 19.2 Å². The van der Waals surface area contributed by atoms with Crippen LogP contribution in [0.1, 0.15) is 15.9 Å². The Morgan fingerprint density at radius 3 is 2.70 bits per heavy atom. The van der Waals surface area contributed by atoms with Crippen molar-refractivity contribution >= 4 is 21.9 Å². The number of hydrogen-bond acceptors (Lipinski definition) is 5. The maximum atomic E-state index is 13.6. The zero-order chi connectivity index (χ0) is 16.4. The van der Waals surface area contributed by atoms with Crippen LogP contribution in [-0.4, -0.2) is 19.9 Å². The van der Waals surface area contributed by atoms with Crippen molar-refractivity contribution in [2.45, 2.75) is 6.61 Å². The number of carbonyl (C=O) groups excluding carboxylic acids is 1. The maximum Gasteiger partial charge on any atom is 0.338 e. The van der Waals surface area contributed by atoms with Crippen LogP contribution in [0.5, 0.6) is 17.2 Å². The van der Waals surface area contributed by atoms with Gasteiger partial charge in [-0.25, -0.2) is 9.18 Å². The van der Waals surface area contributed by atoms with Gasteiger partial charge in [0.15, 0.2) is 23.1 Å². The molecule has 2 aromatic carbocycles. The molecule has 0 spiro atoms. The molecule has 0 saturated heterocycles. The first-order valence-corrected chi connectivity index (χ1v) is 7.46. The number of esters is 1. The van der Waals surface area contributed by atoms with E-state index < -0.39 is 11.8 Å². The molecular weight excluding hydrogens is 371 g/mol. The molecule has 0 N–H and O–H groups in total. The van der Waals surface area contributed by atoms with Crippen LogP contribution in [-0.2, 0) is 11.3 Å². The number of ether oxygens (including phenoxy) is 4. The standard InChI is InChI=1S/C16H12BrFO5/c1-20-13-3-2-9(4-12(13)18)16(19)21-7-10-5-14-15(6-11(10)17)23-8-22-14/h2-6H,7-8H2,1H3. The number of benzene rings is 2. The molecule has 0 atom stereocenters. The molecule has 0 bridgehead atoms. The first-order chi connectivity index (χ1) is 11.1. The topological polar surface area (TPSA) is 54.0 Å². The lowest BCUT2D eigenvalue weighted by atomic mass is 10.2. The third-order valence-electron chi connectivity index (χ3n) is 3.29. The van der Waals surface area contributed by atoms with E-state index in [0.717, 1.165) is 16.1 Å². The number of rotatable bonds is 4. The lowest BCUT2D eigenvalue weighted by Crippen LogP contribution is -2.06. The molecule has 1 aliphatic rings. The fraction of sp³-hybridized carbons (Fsp3) is 0.188. The quantitative estimate of drug-likeness (QED) is 0.754. The highest BCUT2D eigenvalue weighted by Crippen LogP contribution is 2.37. The second kappa shape index (κ2) is 6.45. The molecule has 120 valence electrons. The summed E-state index contributed by atoms with van der Waals surface area (Å²) in [4.78, 5) is 12.0. The lowest BCUT2D eigenvalue weighted by molar-refractivity contribution is 0.0471. The largest absolute Gasteiger partial charge is 0.494 e. The molecule has 2 aromatic rings. The zero-order valence-electron chi connectivity index (χ0n) is 12.1. The van der Waals surface area contributed by atoms with Crippen molar-refractivity contribution in [1.29, 1.82) is 0 Å². The fourth-order valence-corrected chi connectivity index (χ4v) is 2.53. The van der Waals surface area contributed by atoms with Gasteiger partial charge in [0.2, 0.25) is 6.79 Å². The molecule has 1 heterocycles. The summed E-state index contributed by atoms with van der Waals surface area (Å²) in [5.74, 6) is 0.0429. The first kappa shape index (κ1) is 15.6. The van der Waals surface area contributed by atoms with Crippen molar-refractivity contribution in [1.82, 2.24) is 0 Å². The van der Waals surface area contributed by atoms with Crippen LogP contribution in [0.3, 0.4) is 0 Å². The van der Waals surface area contributed by atoms with Gasteiger partial charge < -0.3 is 18.9 Å². The Morgan fingerprint density at radius 1 is 1.26 bits per heavy atom. The van der Waals surface area contributed by atoms with Crippen molar-refractivity contribution in [3.8, 4) is 17.2 Å². The van der Waals surface area contributed by atoms with Gasteiger partial charge in [-0.05, 0) is 30.3 Å². The van der Waals surface area contributed by atoms with E-state index >= 15 is 0 Å². The van der Waals surface area contributed by atoms with Gasteiger partial charge in [0.1, 0.15) is 6.61 Å². The van der Waals surface area contributed by atoms with E-state index in [2.05, 4.69) is 15.9 Å². The zero-order valence-corrected chi connectivity index (χ0v) is 13.7. The molecule has 0 saturated carbocycles. The molecule has 0 aromatic heterocycles. The second-order valence-electron chi connectivity index (χ2n) is 4.72. The summed E-state index contributed by atoms with van der Waals surface area (Å²) in [6.07, 6.45) is 0. The molecule has 7 heteroatoms. The van der Waals surface area contributed by atoms with E-state index in [4.69, 9.17) is 18.9 Å². The highest BCUT2D eigenvalue weighted by atomic mass is 79.9. The van der Waals surface area contributed by atoms with Gasteiger partial charge in [0, 0.05) is 10.0 Å². The molecule has 3 rings (SSSR count). The Hall–Kier alpha value is -2.28. The summed E-state index contributed by atoms with van der Waals surface area (Å²) in [6, 6.07) is 7.38. The molecule has 5 nitrogen and oxygen atoms in total. The highest BCUT2D eigenvalue weighted by Gasteiger charge is 2.18.